The summed E-state index contributed by atoms with van der Waals surface area (Å²) < 4.78 is 0. The number of aromatic hydroxyl groups is 1. The van der Waals surface area contributed by atoms with Crippen LogP contribution in [0.5, 0.6) is 5.75 Å². The molecule has 0 radical (unpaired) electrons. The van der Waals surface area contributed by atoms with E-state index in [1.165, 1.54) is 5.56 Å². The predicted octanol–water partition coefficient (Wildman–Crippen LogP) is 3.85. The molecule has 0 saturated heterocycles. The fraction of sp³-hybridized carbons (Fsp3) is 0.188. The smallest absolute Gasteiger partial charge is 0.124 e. The lowest BCUT2D eigenvalue weighted by atomic mass is 10.1. The van der Waals surface area contributed by atoms with Crippen molar-refractivity contribution in [3.8, 4) is 5.75 Å². The topological polar surface area (TPSA) is 44.6 Å². The molecule has 98 valence electrons. The third-order valence-electron chi connectivity index (χ3n) is 2.95. The molecule has 0 amide bonds. The highest BCUT2D eigenvalue weighted by atomic mass is 16.3. The highest BCUT2D eigenvalue weighted by molar-refractivity contribution is 6.01. The molecular formula is C16H18N2O. The van der Waals surface area contributed by atoms with Gasteiger partial charge < -0.3 is 5.11 Å². The van der Waals surface area contributed by atoms with E-state index in [2.05, 4.69) is 10.5 Å². The van der Waals surface area contributed by atoms with E-state index in [0.29, 0.717) is 0 Å². The van der Waals surface area contributed by atoms with Crippen molar-refractivity contribution in [1.82, 2.24) is 0 Å². The van der Waals surface area contributed by atoms with Gasteiger partial charge in [-0.05, 0) is 50.6 Å². The number of hydrazone groups is 1. The van der Waals surface area contributed by atoms with Crippen molar-refractivity contribution in [3.05, 3.63) is 59.2 Å². The van der Waals surface area contributed by atoms with Gasteiger partial charge in [0.15, 0.2) is 0 Å². The average Bonchev–Trinajstić information content (AvgIpc) is 2.37. The first kappa shape index (κ1) is 13.1. The summed E-state index contributed by atoms with van der Waals surface area (Å²) in [5.41, 5.74) is 7.64. The molecular weight excluding hydrogens is 236 g/mol. The maximum atomic E-state index is 9.89. The monoisotopic (exact) mass is 254 g/mol. The standard InChI is InChI=1S/C16H18N2O/c1-11-4-7-14(8-5-11)18-17-13(3)15-9-6-12(2)10-16(15)19/h4-10,18-19H,1-3H3/b17-13+. The van der Waals surface area contributed by atoms with E-state index in [1.54, 1.807) is 6.07 Å². The summed E-state index contributed by atoms with van der Waals surface area (Å²) in [6, 6.07) is 13.6. The lowest BCUT2D eigenvalue weighted by Crippen LogP contribution is -2.00. The third kappa shape index (κ3) is 3.35. The number of nitrogens with zero attached hydrogens (tertiary/aromatic N) is 1. The van der Waals surface area contributed by atoms with Crippen LogP contribution in [-0.4, -0.2) is 10.8 Å². The lowest BCUT2D eigenvalue weighted by Gasteiger charge is -2.06. The summed E-state index contributed by atoms with van der Waals surface area (Å²) >= 11 is 0. The van der Waals surface area contributed by atoms with Crippen LogP contribution in [0.2, 0.25) is 0 Å². The normalized spacial score (nSPS) is 11.4. The number of hydrogen-bond donors (Lipinski definition) is 2. The van der Waals surface area contributed by atoms with Gasteiger partial charge in [-0.15, -0.1) is 0 Å². The first-order valence-corrected chi connectivity index (χ1v) is 6.23. The number of hydrogen-bond acceptors (Lipinski definition) is 3. The van der Waals surface area contributed by atoms with Crippen molar-refractivity contribution in [3.63, 3.8) is 0 Å². The Kier molecular flexibility index (Phi) is 3.85. The van der Waals surface area contributed by atoms with Gasteiger partial charge >= 0.3 is 0 Å². The molecule has 2 aromatic carbocycles. The fourth-order valence-electron chi connectivity index (χ4n) is 1.78. The van der Waals surface area contributed by atoms with Crippen molar-refractivity contribution in [2.24, 2.45) is 5.10 Å². The highest BCUT2D eigenvalue weighted by Crippen LogP contribution is 2.19. The quantitative estimate of drug-likeness (QED) is 0.645. The van der Waals surface area contributed by atoms with Gasteiger partial charge in [-0.25, -0.2) is 0 Å². The van der Waals surface area contributed by atoms with E-state index in [4.69, 9.17) is 0 Å². The molecule has 2 aromatic rings. The van der Waals surface area contributed by atoms with Gasteiger partial charge in [-0.2, -0.15) is 5.10 Å². The largest absolute Gasteiger partial charge is 0.507 e. The number of rotatable bonds is 3. The summed E-state index contributed by atoms with van der Waals surface area (Å²) in [7, 11) is 0. The lowest BCUT2D eigenvalue weighted by molar-refractivity contribution is 0.473. The van der Waals surface area contributed by atoms with Crippen molar-refractivity contribution in [1.29, 1.82) is 0 Å². The molecule has 2 N–H and O–H groups in total. The number of phenolic OH excluding ortho intramolecular Hbond substituents is 1. The number of phenols is 1. The molecule has 0 spiro atoms. The van der Waals surface area contributed by atoms with Crippen LogP contribution >= 0.6 is 0 Å². The molecule has 0 heterocycles. The first-order valence-electron chi connectivity index (χ1n) is 6.23. The Labute approximate surface area is 113 Å². The summed E-state index contributed by atoms with van der Waals surface area (Å²) in [5.74, 6) is 0.256. The van der Waals surface area contributed by atoms with Gasteiger partial charge in [0.1, 0.15) is 5.75 Å². The summed E-state index contributed by atoms with van der Waals surface area (Å²) in [4.78, 5) is 0. The van der Waals surface area contributed by atoms with Gasteiger partial charge in [-0.3, -0.25) is 5.43 Å². The van der Waals surface area contributed by atoms with Crippen LogP contribution in [0.4, 0.5) is 5.69 Å². The Morgan fingerprint density at radius 2 is 1.63 bits per heavy atom. The SMILES string of the molecule is C/C(=N\Nc1ccc(C)cc1)c1ccc(C)cc1O. The van der Waals surface area contributed by atoms with Crippen molar-refractivity contribution >= 4 is 11.4 Å². The first-order chi connectivity index (χ1) is 9.06. The van der Waals surface area contributed by atoms with E-state index < -0.39 is 0 Å². The van der Waals surface area contributed by atoms with E-state index in [1.807, 2.05) is 57.2 Å². The molecule has 19 heavy (non-hydrogen) atoms. The van der Waals surface area contributed by atoms with Gasteiger partial charge in [0.05, 0.1) is 11.4 Å². The Morgan fingerprint density at radius 1 is 1.00 bits per heavy atom. The van der Waals surface area contributed by atoms with E-state index in [9.17, 15) is 5.11 Å². The summed E-state index contributed by atoms with van der Waals surface area (Å²) in [6.07, 6.45) is 0. The van der Waals surface area contributed by atoms with E-state index >= 15 is 0 Å². The second-order valence-corrected chi connectivity index (χ2v) is 4.70. The van der Waals surface area contributed by atoms with E-state index in [-0.39, 0.29) is 5.75 Å². The van der Waals surface area contributed by atoms with Crippen molar-refractivity contribution < 1.29 is 5.11 Å². The predicted molar refractivity (Wildman–Crippen MR) is 79.9 cm³/mol. The van der Waals surface area contributed by atoms with Crippen LogP contribution in [0.1, 0.15) is 23.6 Å². The minimum absolute atomic E-state index is 0.256. The number of nitrogens with one attached hydrogen (secondary N) is 1. The number of aryl methyl sites for hydroxylation is 2. The van der Waals surface area contributed by atoms with Gasteiger partial charge in [0.25, 0.3) is 0 Å². The zero-order valence-electron chi connectivity index (χ0n) is 11.4. The second kappa shape index (κ2) is 5.57. The van der Waals surface area contributed by atoms with Crippen LogP contribution in [0.3, 0.4) is 0 Å². The molecule has 0 aliphatic carbocycles. The fourth-order valence-corrected chi connectivity index (χ4v) is 1.78. The van der Waals surface area contributed by atoms with Gasteiger partial charge in [0, 0.05) is 5.56 Å². The van der Waals surface area contributed by atoms with Crippen LogP contribution < -0.4 is 5.43 Å². The maximum absolute atomic E-state index is 9.89. The number of anilines is 1. The molecule has 0 aliphatic heterocycles. The Morgan fingerprint density at radius 3 is 2.26 bits per heavy atom. The van der Waals surface area contributed by atoms with Gasteiger partial charge in [-0.1, -0.05) is 23.8 Å². The van der Waals surface area contributed by atoms with Crippen LogP contribution in [0, 0.1) is 13.8 Å². The molecule has 2 rings (SSSR count). The van der Waals surface area contributed by atoms with Gasteiger partial charge in [0.2, 0.25) is 0 Å². The Balaban J connectivity index is 2.16. The molecule has 0 unspecified atom stereocenters. The second-order valence-electron chi connectivity index (χ2n) is 4.70. The average molecular weight is 254 g/mol. The maximum Gasteiger partial charge on any atom is 0.124 e. The molecule has 0 saturated carbocycles. The van der Waals surface area contributed by atoms with Crippen LogP contribution in [-0.2, 0) is 0 Å². The molecule has 0 fully saturated rings. The minimum atomic E-state index is 0.256. The molecule has 0 aliphatic rings. The van der Waals surface area contributed by atoms with Crippen molar-refractivity contribution in [2.45, 2.75) is 20.8 Å². The zero-order valence-corrected chi connectivity index (χ0v) is 11.4. The zero-order chi connectivity index (χ0) is 13.8. The highest BCUT2D eigenvalue weighted by Gasteiger charge is 2.04. The Hall–Kier alpha value is -2.29. The minimum Gasteiger partial charge on any atom is -0.507 e. The molecule has 0 atom stereocenters. The number of benzene rings is 2. The third-order valence-corrected chi connectivity index (χ3v) is 2.95. The van der Waals surface area contributed by atoms with E-state index in [0.717, 1.165) is 22.5 Å². The van der Waals surface area contributed by atoms with Crippen molar-refractivity contribution in [2.75, 3.05) is 5.43 Å². The molecule has 3 nitrogen and oxygen atoms in total. The molecule has 0 aromatic heterocycles. The Bertz CT molecular complexity index is 601. The molecule has 0 bridgehead atoms. The summed E-state index contributed by atoms with van der Waals surface area (Å²) in [5, 5.41) is 14.2. The van der Waals surface area contributed by atoms with Crippen LogP contribution in [0.15, 0.2) is 47.6 Å². The van der Waals surface area contributed by atoms with Crippen LogP contribution in [0.25, 0.3) is 0 Å². The molecule has 3 heteroatoms. The summed E-state index contributed by atoms with van der Waals surface area (Å²) in [6.45, 7) is 5.86.